The number of rotatable bonds is 12. The molecule has 4 atom stereocenters. The Hall–Kier alpha value is -0.680. The summed E-state index contributed by atoms with van der Waals surface area (Å²) in [5.74, 6) is -2.24. The van der Waals surface area contributed by atoms with Crippen molar-refractivity contribution in [1.82, 2.24) is 0 Å². The monoisotopic (exact) mass is 468 g/mol. The zero-order chi connectivity index (χ0) is 22.0. The van der Waals surface area contributed by atoms with Gasteiger partial charge >= 0.3 is 21.8 Å². The van der Waals surface area contributed by atoms with E-state index in [0.29, 0.717) is 0 Å². The first-order chi connectivity index (χ1) is 13.4. The highest BCUT2D eigenvalue weighted by molar-refractivity contribution is 7.52. The molecule has 0 aromatic heterocycles. The average molecular weight is 468 g/mol. The molecule has 168 valence electrons. The van der Waals surface area contributed by atoms with E-state index in [0.717, 1.165) is 0 Å². The van der Waals surface area contributed by atoms with Gasteiger partial charge in [-0.3, -0.25) is 18.6 Å². The summed E-state index contributed by atoms with van der Waals surface area (Å²) in [6, 6.07) is 0. The summed E-state index contributed by atoms with van der Waals surface area (Å²) in [5, 5.41) is 54.6. The van der Waals surface area contributed by atoms with Gasteiger partial charge in [-0.15, -0.1) is 0 Å². The summed E-state index contributed by atoms with van der Waals surface area (Å²) in [7, 11) is -8.75. The minimum atomic E-state index is -4.37. The van der Waals surface area contributed by atoms with E-state index in [9.17, 15) is 39.1 Å². The molecule has 1 spiro atoms. The van der Waals surface area contributed by atoms with Gasteiger partial charge in [-0.05, 0) is 0 Å². The molecule has 0 radical (unpaired) electrons. The van der Waals surface area contributed by atoms with Gasteiger partial charge in [0.1, 0.15) is 37.6 Å². The first-order valence-electron chi connectivity index (χ1n) is 7.70. The third kappa shape index (κ3) is 5.72. The summed E-state index contributed by atoms with van der Waals surface area (Å²) in [4.78, 5) is 22.0. The third-order valence-corrected chi connectivity index (χ3v) is 6.12. The number of Topliss-reactive ketones (excluding diaryl/α,β-unsaturated/α-hetero) is 2. The van der Waals surface area contributed by atoms with Crippen molar-refractivity contribution in [3.63, 3.8) is 0 Å². The van der Waals surface area contributed by atoms with Gasteiger partial charge in [-0.25, -0.2) is 27.2 Å². The molecule has 0 bridgehead atoms. The summed E-state index contributed by atoms with van der Waals surface area (Å²) in [6.07, 6.45) is -10.3. The topological polar surface area (TPSA) is 245 Å². The van der Waals surface area contributed by atoms with Crippen LogP contribution in [0.25, 0.3) is 0 Å². The maximum absolute atomic E-state index is 11.9. The van der Waals surface area contributed by atoms with E-state index in [1.807, 2.05) is 0 Å². The van der Waals surface area contributed by atoms with Crippen LogP contribution in [0.3, 0.4) is 0 Å². The molecule has 0 aliphatic carbocycles. The molecule has 2 rings (SSSR count). The fraction of sp³-hybridized carbons (Fsp3) is 0.818. The number of aliphatic hydroxyl groups excluding tert-OH is 6. The number of ketones is 2. The van der Waals surface area contributed by atoms with Crippen molar-refractivity contribution in [2.45, 2.75) is 30.6 Å². The zero-order valence-corrected chi connectivity index (χ0v) is 16.1. The van der Waals surface area contributed by atoms with Gasteiger partial charge in [0.2, 0.25) is 0 Å². The van der Waals surface area contributed by atoms with Crippen molar-refractivity contribution in [1.29, 1.82) is 0 Å². The Bertz CT molecular complexity index is 640. The van der Waals surface area contributed by atoms with Crippen LogP contribution in [-0.2, 0) is 45.9 Å². The molecule has 0 amide bonds. The average Bonchev–Trinajstić information content (AvgIpc) is 2.65. The Morgan fingerprint density at radius 3 is 1.34 bits per heavy atom. The number of phosphoric ester groups is 2. The van der Waals surface area contributed by atoms with Gasteiger partial charge in [0.05, 0.1) is 13.2 Å². The molecule has 0 saturated carbocycles. The molecule has 16 nitrogen and oxygen atoms in total. The Balaban J connectivity index is 1.74. The van der Waals surface area contributed by atoms with Gasteiger partial charge in [0, 0.05) is 0 Å². The first kappa shape index (κ1) is 24.6. The molecule has 2 heterocycles. The van der Waals surface area contributed by atoms with Crippen LogP contribution in [0.15, 0.2) is 0 Å². The molecule has 18 heteroatoms. The Labute approximate surface area is 161 Å². The van der Waals surface area contributed by atoms with Gasteiger partial charge in [-0.2, -0.15) is 0 Å². The smallest absolute Gasteiger partial charge is 0.388 e. The number of carbonyl (C=O) groups is 2. The van der Waals surface area contributed by atoms with Crippen molar-refractivity contribution in [3.8, 4) is 0 Å². The lowest BCUT2D eigenvalue weighted by Crippen LogP contribution is -2.54. The van der Waals surface area contributed by atoms with Gasteiger partial charge in [0.25, 0.3) is 0 Å². The van der Waals surface area contributed by atoms with Crippen molar-refractivity contribution in [2.75, 3.05) is 26.4 Å². The molecular weight excluding hydrogens is 450 g/mol. The second-order valence-electron chi connectivity index (χ2n) is 5.62. The maximum Gasteiger partial charge on any atom is 0.487 e. The Kier molecular flexibility index (Phi) is 7.81. The summed E-state index contributed by atoms with van der Waals surface area (Å²) >= 11 is 0. The predicted octanol–water partition coefficient (Wildman–Crippen LogP) is -3.49. The van der Waals surface area contributed by atoms with Crippen LogP contribution < -0.4 is 0 Å². The SMILES string of the molecule is O=C(CO)[C@@H](O)[C@H](O)COP1(=O)OC2(O1)OP(=O)(OC[C@@H](O)[C@H](O)C(=O)CO)O2. The molecule has 2 saturated heterocycles. The van der Waals surface area contributed by atoms with Crippen molar-refractivity contribution in [3.05, 3.63) is 0 Å². The second kappa shape index (κ2) is 9.21. The molecule has 2 aliphatic heterocycles. The van der Waals surface area contributed by atoms with E-state index >= 15 is 0 Å². The van der Waals surface area contributed by atoms with Crippen LogP contribution in [0.5, 0.6) is 0 Å². The molecule has 0 aromatic carbocycles. The number of carbonyl (C=O) groups excluding carboxylic acids is 2. The molecule has 6 N–H and O–H groups in total. The normalized spacial score (nSPS) is 35.2. The zero-order valence-electron chi connectivity index (χ0n) is 14.3. The lowest BCUT2D eigenvalue weighted by molar-refractivity contribution is -0.482. The highest BCUT2D eigenvalue weighted by Gasteiger charge is 2.74. The molecule has 2 fully saturated rings. The Morgan fingerprint density at radius 1 is 0.759 bits per heavy atom. The second-order valence-corrected chi connectivity index (χ2v) is 8.66. The van der Waals surface area contributed by atoms with Gasteiger partial charge in [-0.1, -0.05) is 0 Å². The Morgan fingerprint density at radius 2 is 1.07 bits per heavy atom. The van der Waals surface area contributed by atoms with Gasteiger partial charge < -0.3 is 30.6 Å². The number of hydrogen-bond acceptors (Lipinski definition) is 16. The fourth-order valence-corrected chi connectivity index (χ4v) is 4.40. The first-order valence-corrected chi connectivity index (χ1v) is 10.6. The summed E-state index contributed by atoms with van der Waals surface area (Å²) < 4.78 is 51.2. The van der Waals surface area contributed by atoms with E-state index in [1.165, 1.54) is 0 Å². The quantitative estimate of drug-likeness (QED) is 0.152. The largest absolute Gasteiger partial charge is 0.487 e. The minimum absolute atomic E-state index is 0.919. The third-order valence-electron chi connectivity index (χ3n) is 3.40. The van der Waals surface area contributed by atoms with E-state index in [2.05, 4.69) is 27.1 Å². The van der Waals surface area contributed by atoms with Crippen LogP contribution >= 0.6 is 15.6 Å². The highest BCUT2D eigenvalue weighted by Crippen LogP contribution is 2.78. The molecule has 29 heavy (non-hydrogen) atoms. The number of phosphoric acid groups is 2. The van der Waals surface area contributed by atoms with E-state index in [-0.39, 0.29) is 0 Å². The summed E-state index contributed by atoms with van der Waals surface area (Å²) in [6.45, 7) is -3.94. The highest BCUT2D eigenvalue weighted by atomic mass is 31.2. The fourth-order valence-electron chi connectivity index (χ4n) is 1.87. The van der Waals surface area contributed by atoms with Crippen LogP contribution in [0.4, 0.5) is 0 Å². The van der Waals surface area contributed by atoms with Crippen molar-refractivity contribution in [2.24, 2.45) is 0 Å². The van der Waals surface area contributed by atoms with E-state index in [4.69, 9.17) is 10.2 Å². The number of aliphatic hydroxyl groups is 6. The minimum Gasteiger partial charge on any atom is -0.388 e. The van der Waals surface area contributed by atoms with Crippen LogP contribution in [0, 0.1) is 0 Å². The lowest BCUT2D eigenvalue weighted by atomic mass is 10.1. The number of hydrogen-bond donors (Lipinski definition) is 6. The standard InChI is InChI=1S/C11H18O16P2/c12-1-5(14)9(18)7(16)3-22-28(20)24-11(25-28)26-29(21,27-11)23-4-8(17)10(19)6(15)2-13/h7-10,12-13,16-19H,1-4H2/t7-,8-,9-,10-,11?,28?,29?/m1/s1. The lowest BCUT2D eigenvalue weighted by Gasteiger charge is -2.49. The summed E-state index contributed by atoms with van der Waals surface area (Å²) in [5.41, 5.74) is 0. The van der Waals surface area contributed by atoms with Crippen LogP contribution in [0.1, 0.15) is 0 Å². The van der Waals surface area contributed by atoms with Crippen LogP contribution in [0.2, 0.25) is 0 Å². The van der Waals surface area contributed by atoms with E-state index in [1.54, 1.807) is 0 Å². The molecule has 0 unspecified atom stereocenters. The van der Waals surface area contributed by atoms with Crippen molar-refractivity contribution < 1.29 is 76.5 Å². The predicted molar refractivity (Wildman–Crippen MR) is 82.4 cm³/mol. The molecule has 0 aromatic rings. The molecule has 2 aliphatic rings. The van der Waals surface area contributed by atoms with E-state index < -0.39 is 84.2 Å². The van der Waals surface area contributed by atoms with Gasteiger partial charge in [0.15, 0.2) is 11.6 Å². The maximum atomic E-state index is 11.9. The van der Waals surface area contributed by atoms with Crippen LogP contribution in [-0.4, -0.2) is 99.2 Å². The molecular formula is C11H18O16P2. The van der Waals surface area contributed by atoms with Crippen molar-refractivity contribution >= 4 is 27.2 Å².